The van der Waals surface area contributed by atoms with Crippen molar-refractivity contribution in [1.29, 1.82) is 0 Å². The lowest BCUT2D eigenvalue weighted by molar-refractivity contribution is 1.33. The van der Waals surface area contributed by atoms with Gasteiger partial charge in [0.25, 0.3) is 0 Å². The van der Waals surface area contributed by atoms with Crippen LogP contribution in [-0.2, 0) is 0 Å². The van der Waals surface area contributed by atoms with Crippen molar-refractivity contribution >= 4 is 6.08 Å². The molecule has 0 unspecified atom stereocenters. The second-order valence-corrected chi connectivity index (χ2v) is 3.07. The van der Waals surface area contributed by atoms with Crippen molar-refractivity contribution in [2.45, 2.75) is 0 Å². The lowest BCUT2D eigenvalue weighted by atomic mass is 10.1. The number of hydrogen-bond donors (Lipinski definition) is 0. The van der Waals surface area contributed by atoms with Crippen molar-refractivity contribution in [3.63, 3.8) is 0 Å². The summed E-state index contributed by atoms with van der Waals surface area (Å²) in [7, 11) is 0. The van der Waals surface area contributed by atoms with Gasteiger partial charge in [-0.2, -0.15) is 0 Å². The summed E-state index contributed by atoms with van der Waals surface area (Å²) in [4.78, 5) is 4.09. The molecule has 0 bridgehead atoms. The molecule has 0 atom stereocenters. The number of rotatable bonds is 2. The monoisotopic (exact) mass is 181 g/mol. The molecule has 2 rings (SSSR count). The van der Waals surface area contributed by atoms with E-state index < -0.39 is 0 Å². The van der Waals surface area contributed by atoms with Crippen molar-refractivity contribution in [3.05, 3.63) is 60.9 Å². The highest BCUT2D eigenvalue weighted by Gasteiger charge is 1.96. The van der Waals surface area contributed by atoms with Crippen LogP contribution in [0.15, 0.2) is 55.4 Å². The lowest BCUT2D eigenvalue weighted by Gasteiger charge is -2.01. The molecule has 0 N–H and O–H groups in total. The molecule has 0 radical (unpaired) electrons. The minimum atomic E-state index is 1.13. The lowest BCUT2D eigenvalue weighted by Crippen LogP contribution is -1.79. The van der Waals surface area contributed by atoms with Crippen LogP contribution in [0, 0.1) is 0 Å². The Bertz CT molecular complexity index is 432. The first-order chi connectivity index (χ1) is 6.90. The fourth-order valence-electron chi connectivity index (χ4n) is 1.38. The Morgan fingerprint density at radius 3 is 2.64 bits per heavy atom. The van der Waals surface area contributed by atoms with Gasteiger partial charge in [-0.05, 0) is 23.3 Å². The molecule has 1 aromatic carbocycles. The molecule has 2 aromatic rings. The summed E-state index contributed by atoms with van der Waals surface area (Å²) >= 11 is 0. The van der Waals surface area contributed by atoms with Crippen LogP contribution >= 0.6 is 0 Å². The van der Waals surface area contributed by atoms with E-state index in [0.29, 0.717) is 0 Å². The van der Waals surface area contributed by atoms with Gasteiger partial charge in [-0.1, -0.05) is 36.9 Å². The molecule has 0 saturated carbocycles. The second-order valence-electron chi connectivity index (χ2n) is 3.07. The Balaban J connectivity index is 2.47. The van der Waals surface area contributed by atoms with Gasteiger partial charge < -0.3 is 0 Å². The third-order valence-electron chi connectivity index (χ3n) is 2.12. The van der Waals surface area contributed by atoms with Crippen molar-refractivity contribution in [1.82, 2.24) is 4.98 Å². The van der Waals surface area contributed by atoms with E-state index in [1.807, 2.05) is 30.5 Å². The van der Waals surface area contributed by atoms with Crippen LogP contribution < -0.4 is 0 Å². The Morgan fingerprint density at radius 1 is 1.07 bits per heavy atom. The van der Waals surface area contributed by atoms with Crippen molar-refractivity contribution in [3.8, 4) is 11.1 Å². The zero-order valence-corrected chi connectivity index (χ0v) is 7.85. The quantitative estimate of drug-likeness (QED) is 0.692. The van der Waals surface area contributed by atoms with Gasteiger partial charge in [0.15, 0.2) is 0 Å². The van der Waals surface area contributed by atoms with E-state index in [2.05, 4.69) is 29.8 Å². The predicted molar refractivity (Wildman–Crippen MR) is 59.8 cm³/mol. The molecule has 1 aromatic heterocycles. The van der Waals surface area contributed by atoms with E-state index in [0.717, 1.165) is 11.1 Å². The van der Waals surface area contributed by atoms with Gasteiger partial charge in [-0.25, -0.2) is 0 Å². The standard InChI is InChI=1S/C13H11N/c1-2-11-5-3-6-12(9-11)13-7-4-8-14-10-13/h2-10H,1H2. The normalized spacial score (nSPS) is 9.71. The number of nitrogens with zero attached hydrogens (tertiary/aromatic N) is 1. The molecule has 0 aliphatic heterocycles. The number of hydrogen-bond acceptors (Lipinski definition) is 1. The molecule has 1 nitrogen and oxygen atoms in total. The van der Waals surface area contributed by atoms with Crippen molar-refractivity contribution in [2.75, 3.05) is 0 Å². The highest BCUT2D eigenvalue weighted by atomic mass is 14.6. The molecule has 1 heteroatoms. The Kier molecular flexibility index (Phi) is 2.41. The van der Waals surface area contributed by atoms with Gasteiger partial charge in [0.2, 0.25) is 0 Å². The fourth-order valence-corrected chi connectivity index (χ4v) is 1.38. The Labute approximate surface area is 83.7 Å². The zero-order valence-electron chi connectivity index (χ0n) is 7.85. The number of aromatic nitrogens is 1. The summed E-state index contributed by atoms with van der Waals surface area (Å²) in [6.45, 7) is 3.75. The molecule has 0 amide bonds. The van der Waals surface area contributed by atoms with Crippen LogP contribution in [0.3, 0.4) is 0 Å². The molecular formula is C13H11N. The molecule has 1 heterocycles. The first-order valence-electron chi connectivity index (χ1n) is 4.53. The fraction of sp³-hybridized carbons (Fsp3) is 0. The van der Waals surface area contributed by atoms with Crippen LogP contribution in [0.2, 0.25) is 0 Å². The van der Waals surface area contributed by atoms with E-state index >= 15 is 0 Å². The van der Waals surface area contributed by atoms with Gasteiger partial charge in [0.05, 0.1) is 0 Å². The average Bonchev–Trinajstić information content (AvgIpc) is 2.30. The van der Waals surface area contributed by atoms with E-state index in [9.17, 15) is 0 Å². The number of pyridine rings is 1. The summed E-state index contributed by atoms with van der Waals surface area (Å²) in [6.07, 6.45) is 5.49. The van der Waals surface area contributed by atoms with Gasteiger partial charge in [0.1, 0.15) is 0 Å². The average molecular weight is 181 g/mol. The van der Waals surface area contributed by atoms with E-state index in [1.54, 1.807) is 6.20 Å². The van der Waals surface area contributed by atoms with Crippen molar-refractivity contribution in [2.24, 2.45) is 0 Å². The minimum absolute atomic E-state index is 1.13. The van der Waals surface area contributed by atoms with Crippen LogP contribution in [0.25, 0.3) is 17.2 Å². The first-order valence-corrected chi connectivity index (χ1v) is 4.53. The third kappa shape index (κ3) is 1.72. The minimum Gasteiger partial charge on any atom is -0.264 e. The predicted octanol–water partition coefficient (Wildman–Crippen LogP) is 3.39. The maximum atomic E-state index is 4.09. The smallest absolute Gasteiger partial charge is 0.0346 e. The van der Waals surface area contributed by atoms with Gasteiger partial charge in [-0.15, -0.1) is 0 Å². The van der Waals surface area contributed by atoms with Gasteiger partial charge in [0, 0.05) is 18.0 Å². The molecular weight excluding hydrogens is 170 g/mol. The van der Waals surface area contributed by atoms with Crippen LogP contribution in [0.1, 0.15) is 5.56 Å². The van der Waals surface area contributed by atoms with Crippen LogP contribution in [0.4, 0.5) is 0 Å². The molecule has 0 saturated heterocycles. The summed E-state index contributed by atoms with van der Waals surface area (Å²) < 4.78 is 0. The van der Waals surface area contributed by atoms with Gasteiger partial charge >= 0.3 is 0 Å². The van der Waals surface area contributed by atoms with Gasteiger partial charge in [-0.3, -0.25) is 4.98 Å². The largest absolute Gasteiger partial charge is 0.264 e. The maximum Gasteiger partial charge on any atom is 0.0346 e. The molecule has 68 valence electrons. The first kappa shape index (κ1) is 8.70. The molecule has 0 aliphatic rings. The van der Waals surface area contributed by atoms with Crippen molar-refractivity contribution < 1.29 is 0 Å². The Morgan fingerprint density at radius 2 is 1.93 bits per heavy atom. The third-order valence-corrected chi connectivity index (χ3v) is 2.12. The molecule has 0 spiro atoms. The highest BCUT2D eigenvalue weighted by molar-refractivity contribution is 5.66. The van der Waals surface area contributed by atoms with Crippen LogP contribution in [0.5, 0.6) is 0 Å². The topological polar surface area (TPSA) is 12.9 Å². The summed E-state index contributed by atoms with van der Waals surface area (Å²) in [5.74, 6) is 0. The summed E-state index contributed by atoms with van der Waals surface area (Å²) in [5.41, 5.74) is 3.44. The second kappa shape index (κ2) is 3.88. The van der Waals surface area contributed by atoms with E-state index in [-0.39, 0.29) is 0 Å². The Hall–Kier alpha value is -1.89. The number of benzene rings is 1. The molecule has 14 heavy (non-hydrogen) atoms. The summed E-state index contributed by atoms with van der Waals surface area (Å²) in [6, 6.07) is 12.2. The van der Waals surface area contributed by atoms with E-state index in [1.165, 1.54) is 5.56 Å². The summed E-state index contributed by atoms with van der Waals surface area (Å²) in [5, 5.41) is 0. The maximum absolute atomic E-state index is 4.09. The zero-order chi connectivity index (χ0) is 9.80. The van der Waals surface area contributed by atoms with E-state index in [4.69, 9.17) is 0 Å². The van der Waals surface area contributed by atoms with Crippen LogP contribution in [-0.4, -0.2) is 4.98 Å². The molecule has 0 fully saturated rings. The highest BCUT2D eigenvalue weighted by Crippen LogP contribution is 2.19. The SMILES string of the molecule is C=Cc1cccc(-c2cccnc2)c1. The molecule has 0 aliphatic carbocycles.